The van der Waals surface area contributed by atoms with Crippen molar-refractivity contribution in [2.45, 2.75) is 31.9 Å². The Morgan fingerprint density at radius 1 is 1.04 bits per heavy atom. The van der Waals surface area contributed by atoms with Gasteiger partial charge in [0.1, 0.15) is 12.1 Å². The minimum Gasteiger partial charge on any atom is -0.358 e. The third-order valence-corrected chi connectivity index (χ3v) is 5.64. The van der Waals surface area contributed by atoms with Crippen molar-refractivity contribution in [3.63, 3.8) is 0 Å². The fourth-order valence-electron chi connectivity index (χ4n) is 4.09. The average molecular weight is 338 g/mol. The lowest BCUT2D eigenvalue weighted by Crippen LogP contribution is -2.46. The van der Waals surface area contributed by atoms with E-state index in [4.69, 9.17) is 0 Å². The van der Waals surface area contributed by atoms with E-state index in [2.05, 4.69) is 15.2 Å². The zero-order valence-corrected chi connectivity index (χ0v) is 13.4. The van der Waals surface area contributed by atoms with Gasteiger partial charge >= 0.3 is 6.18 Å². The second kappa shape index (κ2) is 5.65. The van der Waals surface area contributed by atoms with Gasteiger partial charge < -0.3 is 10.2 Å². The SMILES string of the molecule is FC(F)(F)c1cc(N2CCC3(CCNCC3)CC2)n2cncc2c1. The molecule has 2 fully saturated rings. The largest absolute Gasteiger partial charge is 0.416 e. The monoisotopic (exact) mass is 338 g/mol. The number of fused-ring (bicyclic) bond motifs is 1. The lowest BCUT2D eigenvalue weighted by Gasteiger charge is -2.45. The first-order chi connectivity index (χ1) is 11.5. The summed E-state index contributed by atoms with van der Waals surface area (Å²) in [6.45, 7) is 3.70. The van der Waals surface area contributed by atoms with E-state index in [1.807, 2.05) is 0 Å². The topological polar surface area (TPSA) is 32.6 Å². The van der Waals surface area contributed by atoms with Crippen molar-refractivity contribution in [1.29, 1.82) is 0 Å². The number of hydrogen-bond donors (Lipinski definition) is 1. The number of aromatic nitrogens is 2. The summed E-state index contributed by atoms with van der Waals surface area (Å²) in [7, 11) is 0. The van der Waals surface area contributed by atoms with E-state index in [9.17, 15) is 13.2 Å². The minimum absolute atomic E-state index is 0.372. The van der Waals surface area contributed by atoms with Gasteiger partial charge in [-0.2, -0.15) is 13.2 Å². The van der Waals surface area contributed by atoms with Crippen LogP contribution in [0.3, 0.4) is 0 Å². The Bertz CT molecular complexity index is 721. The molecule has 24 heavy (non-hydrogen) atoms. The van der Waals surface area contributed by atoms with Crippen molar-refractivity contribution >= 4 is 11.3 Å². The molecule has 1 spiro atoms. The maximum absolute atomic E-state index is 13.2. The Balaban J connectivity index is 1.63. The summed E-state index contributed by atoms with van der Waals surface area (Å²) in [6.07, 6.45) is 3.17. The highest BCUT2D eigenvalue weighted by atomic mass is 19.4. The first-order valence-corrected chi connectivity index (χ1v) is 8.46. The van der Waals surface area contributed by atoms with Crippen molar-refractivity contribution in [2.75, 3.05) is 31.1 Å². The molecule has 4 nitrogen and oxygen atoms in total. The predicted molar refractivity (Wildman–Crippen MR) is 86.2 cm³/mol. The summed E-state index contributed by atoms with van der Waals surface area (Å²) >= 11 is 0. The van der Waals surface area contributed by atoms with Crippen molar-refractivity contribution in [1.82, 2.24) is 14.7 Å². The molecule has 0 unspecified atom stereocenters. The summed E-state index contributed by atoms with van der Waals surface area (Å²) in [5.41, 5.74) is 0.256. The van der Waals surface area contributed by atoms with Gasteiger partial charge in [-0.3, -0.25) is 4.40 Å². The number of halogens is 3. The van der Waals surface area contributed by atoms with Crippen LogP contribution in [0.4, 0.5) is 19.0 Å². The Hall–Kier alpha value is -1.76. The van der Waals surface area contributed by atoms with Crippen molar-refractivity contribution < 1.29 is 13.2 Å². The van der Waals surface area contributed by atoms with Gasteiger partial charge in [-0.1, -0.05) is 0 Å². The highest BCUT2D eigenvalue weighted by Gasteiger charge is 2.37. The van der Waals surface area contributed by atoms with Crippen LogP contribution >= 0.6 is 0 Å². The van der Waals surface area contributed by atoms with E-state index in [1.54, 1.807) is 10.7 Å². The Morgan fingerprint density at radius 2 is 1.75 bits per heavy atom. The molecule has 1 N–H and O–H groups in total. The maximum Gasteiger partial charge on any atom is 0.416 e. The number of piperidine rings is 2. The summed E-state index contributed by atoms with van der Waals surface area (Å²) in [5.74, 6) is 0.598. The zero-order valence-electron chi connectivity index (χ0n) is 13.4. The molecule has 0 aliphatic carbocycles. The third-order valence-electron chi connectivity index (χ3n) is 5.64. The van der Waals surface area contributed by atoms with Gasteiger partial charge in [-0.05, 0) is 56.3 Å². The molecule has 0 aromatic carbocycles. The van der Waals surface area contributed by atoms with Crippen LogP contribution in [0.2, 0.25) is 0 Å². The molecule has 2 aliphatic rings. The summed E-state index contributed by atoms with van der Waals surface area (Å²) in [5, 5.41) is 3.39. The molecule has 0 atom stereocenters. The van der Waals surface area contributed by atoms with E-state index >= 15 is 0 Å². The number of rotatable bonds is 1. The highest BCUT2D eigenvalue weighted by molar-refractivity contribution is 5.58. The smallest absolute Gasteiger partial charge is 0.358 e. The highest BCUT2D eigenvalue weighted by Crippen LogP contribution is 2.41. The number of hydrogen-bond acceptors (Lipinski definition) is 3. The predicted octanol–water partition coefficient (Wildman–Crippen LogP) is 3.32. The van der Waals surface area contributed by atoms with E-state index in [1.165, 1.54) is 25.1 Å². The van der Waals surface area contributed by atoms with Crippen molar-refractivity contribution in [3.8, 4) is 0 Å². The molecule has 7 heteroatoms. The van der Waals surface area contributed by atoms with E-state index < -0.39 is 11.7 Å². The second-order valence-electron chi connectivity index (χ2n) is 7.03. The lowest BCUT2D eigenvalue weighted by atomic mass is 9.71. The van der Waals surface area contributed by atoms with E-state index in [0.29, 0.717) is 16.7 Å². The molecule has 0 radical (unpaired) electrons. The van der Waals surface area contributed by atoms with Gasteiger partial charge in [0.05, 0.1) is 17.3 Å². The summed E-state index contributed by atoms with van der Waals surface area (Å²) in [4.78, 5) is 6.10. The minimum atomic E-state index is -4.34. The van der Waals surface area contributed by atoms with Gasteiger partial charge in [0.15, 0.2) is 0 Å². The fourth-order valence-corrected chi connectivity index (χ4v) is 4.09. The third kappa shape index (κ3) is 2.75. The van der Waals surface area contributed by atoms with E-state index in [0.717, 1.165) is 45.1 Å². The lowest BCUT2D eigenvalue weighted by molar-refractivity contribution is -0.137. The van der Waals surface area contributed by atoms with Crippen molar-refractivity contribution in [2.24, 2.45) is 5.41 Å². The standard InChI is InChI=1S/C17H21F3N4/c18-17(19,20)13-9-14-11-22-12-24(14)15(10-13)23-7-3-16(4-8-23)1-5-21-6-2-16/h9-12,21H,1-8H2. The first-order valence-electron chi connectivity index (χ1n) is 8.46. The maximum atomic E-state index is 13.2. The van der Waals surface area contributed by atoms with Crippen LogP contribution in [0.25, 0.3) is 5.52 Å². The van der Waals surface area contributed by atoms with Gasteiger partial charge in [-0.25, -0.2) is 4.98 Å². The number of imidazole rings is 1. The molecule has 4 heterocycles. The van der Waals surface area contributed by atoms with Crippen molar-refractivity contribution in [3.05, 3.63) is 30.2 Å². The van der Waals surface area contributed by atoms with Gasteiger partial charge in [-0.15, -0.1) is 0 Å². The second-order valence-corrected chi connectivity index (χ2v) is 7.03. The first kappa shape index (κ1) is 15.7. The summed E-state index contributed by atoms with van der Waals surface area (Å²) < 4.78 is 41.4. The molecule has 0 amide bonds. The molecule has 2 aromatic rings. The molecular weight excluding hydrogens is 317 g/mol. The van der Waals surface area contributed by atoms with Crippen LogP contribution in [0, 0.1) is 5.41 Å². The number of nitrogens with one attached hydrogen (secondary N) is 1. The molecule has 130 valence electrons. The van der Waals surface area contributed by atoms with Crippen LogP contribution < -0.4 is 10.2 Å². The normalized spacial score (nSPS) is 21.5. The van der Waals surface area contributed by atoms with Crippen LogP contribution in [0.5, 0.6) is 0 Å². The molecule has 2 aromatic heterocycles. The Labute approximate surface area is 138 Å². The van der Waals surface area contributed by atoms with Gasteiger partial charge in [0.25, 0.3) is 0 Å². The quantitative estimate of drug-likeness (QED) is 0.866. The molecular formula is C17H21F3N4. The Kier molecular flexibility index (Phi) is 3.71. The van der Waals surface area contributed by atoms with Gasteiger partial charge in [0.2, 0.25) is 0 Å². The van der Waals surface area contributed by atoms with Crippen LogP contribution in [0.1, 0.15) is 31.2 Å². The summed E-state index contributed by atoms with van der Waals surface area (Å²) in [6, 6.07) is 2.42. The fraction of sp³-hybridized carbons (Fsp3) is 0.588. The number of nitrogens with zero attached hydrogens (tertiary/aromatic N) is 3. The van der Waals surface area contributed by atoms with Crippen LogP contribution in [-0.2, 0) is 6.18 Å². The van der Waals surface area contributed by atoms with Crippen LogP contribution in [-0.4, -0.2) is 35.6 Å². The molecule has 4 rings (SSSR count). The molecule has 0 saturated carbocycles. The molecule has 0 bridgehead atoms. The van der Waals surface area contributed by atoms with Crippen LogP contribution in [0.15, 0.2) is 24.7 Å². The average Bonchev–Trinajstić information content (AvgIpc) is 3.03. The zero-order chi connectivity index (χ0) is 16.8. The van der Waals surface area contributed by atoms with E-state index in [-0.39, 0.29) is 0 Å². The van der Waals surface area contributed by atoms with Gasteiger partial charge in [0, 0.05) is 13.1 Å². The Morgan fingerprint density at radius 3 is 2.42 bits per heavy atom. The number of pyridine rings is 1. The molecule has 2 saturated heterocycles. The number of anilines is 1. The number of alkyl halides is 3. The molecule has 2 aliphatic heterocycles.